The molecular formula is C29H42N4O2S. The lowest BCUT2D eigenvalue weighted by Gasteiger charge is -2.43. The minimum Gasteiger partial charge on any atom is -0.354 e. The van der Waals surface area contributed by atoms with E-state index >= 15 is 0 Å². The molecule has 3 unspecified atom stereocenters. The first-order valence-electron chi connectivity index (χ1n) is 13.5. The summed E-state index contributed by atoms with van der Waals surface area (Å²) in [6.07, 6.45) is 6.16. The molecule has 6 nitrogen and oxygen atoms in total. The maximum absolute atomic E-state index is 13.5. The van der Waals surface area contributed by atoms with E-state index in [2.05, 4.69) is 58.9 Å². The minimum atomic E-state index is -0.419. The standard InChI is InChI=1S/C29H42N4O2S/c1-21-7-3-4-10-25(21)19-32(20-27-11-6-14-36-27)26-12-13-33(22(2)34)28(16-26)29(35)31-18-24-9-5-8-23(15-24)17-30/h3-4,6-7,10-11,14,23-24,26,28H,5,8-9,12-13,15-20,30H2,1-2H3,(H,31,35)/t23?,24?,26?,28-/m1/s1. The van der Waals surface area contributed by atoms with Crippen LogP contribution >= 0.6 is 11.3 Å². The summed E-state index contributed by atoms with van der Waals surface area (Å²) in [4.78, 5) is 31.6. The van der Waals surface area contributed by atoms with Gasteiger partial charge in [0.2, 0.25) is 11.8 Å². The number of benzene rings is 1. The zero-order valence-electron chi connectivity index (χ0n) is 21.8. The van der Waals surface area contributed by atoms with Crippen molar-refractivity contribution in [2.45, 2.75) is 77.5 Å². The van der Waals surface area contributed by atoms with Gasteiger partial charge in [-0.25, -0.2) is 0 Å². The van der Waals surface area contributed by atoms with Crippen LogP contribution in [0.2, 0.25) is 0 Å². The van der Waals surface area contributed by atoms with E-state index in [1.54, 1.807) is 23.2 Å². The van der Waals surface area contributed by atoms with Crippen molar-refractivity contribution in [1.29, 1.82) is 0 Å². The highest BCUT2D eigenvalue weighted by molar-refractivity contribution is 7.09. The van der Waals surface area contributed by atoms with Crippen molar-refractivity contribution in [2.75, 3.05) is 19.6 Å². The molecule has 2 amide bonds. The number of nitrogens with two attached hydrogens (primary N) is 1. The van der Waals surface area contributed by atoms with Gasteiger partial charge in [-0.1, -0.05) is 36.8 Å². The number of thiophene rings is 1. The fourth-order valence-corrected chi connectivity index (χ4v) is 6.72. The molecule has 1 saturated heterocycles. The van der Waals surface area contributed by atoms with Gasteiger partial charge in [-0.05, 0) is 80.0 Å². The first-order chi connectivity index (χ1) is 17.4. The van der Waals surface area contributed by atoms with Crippen LogP contribution in [0.1, 0.15) is 61.5 Å². The van der Waals surface area contributed by atoms with Crippen LogP contribution in [0.25, 0.3) is 0 Å². The molecule has 196 valence electrons. The van der Waals surface area contributed by atoms with Crippen molar-refractivity contribution in [3.05, 3.63) is 57.8 Å². The monoisotopic (exact) mass is 510 g/mol. The van der Waals surface area contributed by atoms with Gasteiger partial charge in [0, 0.05) is 44.0 Å². The van der Waals surface area contributed by atoms with Crippen LogP contribution in [0.4, 0.5) is 0 Å². The van der Waals surface area contributed by atoms with E-state index in [1.165, 1.54) is 28.8 Å². The fraction of sp³-hybridized carbons (Fsp3) is 0.586. The Morgan fingerprint density at radius 3 is 2.61 bits per heavy atom. The van der Waals surface area contributed by atoms with Crippen molar-refractivity contribution in [3.8, 4) is 0 Å². The van der Waals surface area contributed by atoms with Gasteiger partial charge in [0.15, 0.2) is 0 Å². The van der Waals surface area contributed by atoms with Crippen LogP contribution in [-0.2, 0) is 22.7 Å². The lowest BCUT2D eigenvalue weighted by Crippen LogP contribution is -2.57. The number of aryl methyl sites for hydroxylation is 1. The van der Waals surface area contributed by atoms with Crippen LogP contribution in [0.3, 0.4) is 0 Å². The van der Waals surface area contributed by atoms with Crippen molar-refractivity contribution >= 4 is 23.2 Å². The molecular weight excluding hydrogens is 468 g/mol. The van der Waals surface area contributed by atoms with Gasteiger partial charge in [-0.15, -0.1) is 11.3 Å². The summed E-state index contributed by atoms with van der Waals surface area (Å²) in [6, 6.07) is 12.6. The minimum absolute atomic E-state index is 0.00302. The van der Waals surface area contributed by atoms with Crippen LogP contribution in [0.5, 0.6) is 0 Å². The Labute approximate surface area is 220 Å². The van der Waals surface area contributed by atoms with Gasteiger partial charge in [0.25, 0.3) is 0 Å². The Hall–Kier alpha value is -2.22. The number of amides is 2. The highest BCUT2D eigenvalue weighted by Crippen LogP contribution is 2.29. The molecule has 1 aromatic carbocycles. The van der Waals surface area contributed by atoms with E-state index in [1.807, 2.05) is 0 Å². The number of rotatable bonds is 9. The predicted molar refractivity (Wildman–Crippen MR) is 146 cm³/mol. The zero-order valence-corrected chi connectivity index (χ0v) is 22.6. The van der Waals surface area contributed by atoms with Crippen LogP contribution < -0.4 is 11.1 Å². The number of nitrogens with zero attached hydrogens (tertiary/aromatic N) is 2. The maximum Gasteiger partial charge on any atom is 0.242 e. The zero-order chi connectivity index (χ0) is 25.5. The van der Waals surface area contributed by atoms with E-state index in [0.717, 1.165) is 38.9 Å². The average Bonchev–Trinajstić information content (AvgIpc) is 3.41. The topological polar surface area (TPSA) is 78.7 Å². The molecule has 36 heavy (non-hydrogen) atoms. The molecule has 2 fully saturated rings. The number of nitrogens with one attached hydrogen (secondary N) is 1. The number of hydrogen-bond acceptors (Lipinski definition) is 5. The Morgan fingerprint density at radius 1 is 1.08 bits per heavy atom. The van der Waals surface area contributed by atoms with Crippen LogP contribution in [0.15, 0.2) is 41.8 Å². The normalized spacial score (nSPS) is 24.6. The second-order valence-corrected chi connectivity index (χ2v) is 11.7. The second kappa shape index (κ2) is 12.8. The third kappa shape index (κ3) is 6.96. The largest absolute Gasteiger partial charge is 0.354 e. The molecule has 1 aliphatic carbocycles. The van der Waals surface area contributed by atoms with Crippen molar-refractivity contribution < 1.29 is 9.59 Å². The van der Waals surface area contributed by atoms with Gasteiger partial charge in [-0.2, -0.15) is 0 Å². The first kappa shape index (κ1) is 26.8. The molecule has 2 aromatic rings. The van der Waals surface area contributed by atoms with E-state index < -0.39 is 6.04 Å². The molecule has 0 spiro atoms. The summed E-state index contributed by atoms with van der Waals surface area (Å²) in [6.45, 7) is 7.47. The van der Waals surface area contributed by atoms with Gasteiger partial charge in [0.05, 0.1) is 0 Å². The lowest BCUT2D eigenvalue weighted by atomic mass is 9.81. The van der Waals surface area contributed by atoms with Crippen molar-refractivity contribution in [3.63, 3.8) is 0 Å². The second-order valence-electron chi connectivity index (χ2n) is 10.7. The number of likely N-dealkylation sites (tertiary alicyclic amines) is 1. The molecule has 0 radical (unpaired) electrons. The number of piperidine rings is 1. The van der Waals surface area contributed by atoms with Crippen molar-refractivity contribution in [2.24, 2.45) is 17.6 Å². The SMILES string of the molecule is CC(=O)N1CCC(N(Cc2cccs2)Cc2ccccc2C)C[C@@H]1C(=O)NCC1CCCC(CN)C1. The quantitative estimate of drug-likeness (QED) is 0.527. The van der Waals surface area contributed by atoms with E-state index in [4.69, 9.17) is 5.73 Å². The van der Waals surface area contributed by atoms with E-state index in [-0.39, 0.29) is 17.9 Å². The molecule has 3 N–H and O–H groups in total. The van der Waals surface area contributed by atoms with Gasteiger partial charge in [0.1, 0.15) is 6.04 Å². The fourth-order valence-electron chi connectivity index (χ4n) is 5.99. The molecule has 4 atom stereocenters. The summed E-state index contributed by atoms with van der Waals surface area (Å²) in [5, 5.41) is 5.35. The Kier molecular flexibility index (Phi) is 9.57. The van der Waals surface area contributed by atoms with Crippen LogP contribution in [0, 0.1) is 18.8 Å². The summed E-state index contributed by atoms with van der Waals surface area (Å²) in [5.74, 6) is 1.04. The highest BCUT2D eigenvalue weighted by Gasteiger charge is 2.37. The maximum atomic E-state index is 13.5. The number of carbonyl (C=O) groups is 2. The highest BCUT2D eigenvalue weighted by atomic mass is 32.1. The number of carbonyl (C=O) groups excluding carboxylic acids is 2. The summed E-state index contributed by atoms with van der Waals surface area (Å²) in [5.41, 5.74) is 8.51. The molecule has 0 bridgehead atoms. The van der Waals surface area contributed by atoms with Gasteiger partial charge >= 0.3 is 0 Å². The average molecular weight is 511 g/mol. The molecule has 1 saturated carbocycles. The Balaban J connectivity index is 1.46. The van der Waals surface area contributed by atoms with Crippen LogP contribution in [-0.4, -0.2) is 53.3 Å². The van der Waals surface area contributed by atoms with Gasteiger partial charge in [-0.3, -0.25) is 14.5 Å². The molecule has 2 heterocycles. The Morgan fingerprint density at radius 2 is 1.89 bits per heavy atom. The Bertz CT molecular complexity index is 995. The van der Waals surface area contributed by atoms with Crippen molar-refractivity contribution in [1.82, 2.24) is 15.1 Å². The van der Waals surface area contributed by atoms with E-state index in [0.29, 0.717) is 31.3 Å². The lowest BCUT2D eigenvalue weighted by molar-refractivity contribution is -0.142. The molecule has 1 aliphatic heterocycles. The van der Waals surface area contributed by atoms with E-state index in [9.17, 15) is 9.59 Å². The summed E-state index contributed by atoms with van der Waals surface area (Å²) in [7, 11) is 0. The number of hydrogen-bond donors (Lipinski definition) is 2. The first-order valence-corrected chi connectivity index (χ1v) is 14.4. The summed E-state index contributed by atoms with van der Waals surface area (Å²) < 4.78 is 0. The molecule has 4 rings (SSSR count). The third-order valence-electron chi connectivity index (χ3n) is 8.16. The smallest absolute Gasteiger partial charge is 0.242 e. The predicted octanol–water partition coefficient (Wildman–Crippen LogP) is 4.32. The molecule has 2 aliphatic rings. The summed E-state index contributed by atoms with van der Waals surface area (Å²) >= 11 is 1.77. The molecule has 7 heteroatoms. The molecule has 1 aromatic heterocycles. The van der Waals surface area contributed by atoms with Gasteiger partial charge < -0.3 is 16.0 Å². The third-order valence-corrected chi connectivity index (χ3v) is 9.02.